The molecule has 1 aliphatic heterocycles. The Morgan fingerprint density at radius 2 is 1.96 bits per heavy atom. The maximum absolute atomic E-state index is 13.3. The van der Waals surface area contributed by atoms with Crippen LogP contribution < -0.4 is 0 Å². The summed E-state index contributed by atoms with van der Waals surface area (Å²) in [4.78, 5) is 3.99. The monoisotopic (exact) mass is 309 g/mol. The number of nitrogens with zero attached hydrogens (tertiary/aromatic N) is 3. The minimum atomic E-state index is -0.534. The summed E-state index contributed by atoms with van der Waals surface area (Å²) in [7, 11) is 0. The van der Waals surface area contributed by atoms with Gasteiger partial charge in [-0.2, -0.15) is 5.10 Å². The smallest absolute Gasteiger partial charge is 0.144 e. The lowest BCUT2D eigenvalue weighted by Crippen LogP contribution is -2.19. The third kappa shape index (κ3) is 2.43. The number of aromatic nitrogens is 3. The average molecular weight is 309 g/mol. The van der Waals surface area contributed by atoms with Gasteiger partial charge in [0.05, 0.1) is 6.54 Å². The van der Waals surface area contributed by atoms with E-state index in [2.05, 4.69) is 29.1 Å². The van der Waals surface area contributed by atoms with Crippen LogP contribution in [0.1, 0.15) is 22.8 Å². The van der Waals surface area contributed by atoms with E-state index < -0.39 is 5.60 Å². The Hall–Kier alpha value is -2.53. The van der Waals surface area contributed by atoms with Gasteiger partial charge in [0.1, 0.15) is 30.2 Å². The minimum Gasteiger partial charge on any atom is -0.354 e. The number of hydrogen-bond donors (Lipinski definition) is 0. The summed E-state index contributed by atoms with van der Waals surface area (Å²) >= 11 is 0. The second-order valence-electron chi connectivity index (χ2n) is 5.84. The molecule has 1 saturated heterocycles. The molecule has 0 spiro atoms. The molecule has 23 heavy (non-hydrogen) atoms. The van der Waals surface area contributed by atoms with Crippen molar-refractivity contribution in [3.8, 4) is 0 Å². The van der Waals surface area contributed by atoms with Crippen LogP contribution in [-0.4, -0.2) is 14.8 Å². The van der Waals surface area contributed by atoms with Crippen molar-refractivity contribution in [3.05, 3.63) is 83.7 Å². The molecule has 116 valence electrons. The highest BCUT2D eigenvalue weighted by molar-refractivity contribution is 5.39. The largest absolute Gasteiger partial charge is 0.354 e. The van der Waals surface area contributed by atoms with Gasteiger partial charge in [-0.1, -0.05) is 36.4 Å². The van der Waals surface area contributed by atoms with Crippen molar-refractivity contribution in [3.63, 3.8) is 0 Å². The van der Waals surface area contributed by atoms with Gasteiger partial charge in [0.15, 0.2) is 0 Å². The molecule has 0 N–H and O–H groups in total. The number of ether oxygens (including phenoxy) is 1. The van der Waals surface area contributed by atoms with Gasteiger partial charge in [0.2, 0.25) is 0 Å². The molecular weight excluding hydrogens is 293 g/mol. The zero-order valence-corrected chi connectivity index (χ0v) is 12.7. The fourth-order valence-electron chi connectivity index (χ4n) is 3.09. The lowest BCUT2D eigenvalue weighted by molar-refractivity contribution is 0.262. The number of hydrogen-bond acceptors (Lipinski definition) is 3. The van der Waals surface area contributed by atoms with E-state index in [1.165, 1.54) is 24.0 Å². The highest BCUT2D eigenvalue weighted by Crippen LogP contribution is 2.58. The van der Waals surface area contributed by atoms with Gasteiger partial charge in [0, 0.05) is 0 Å². The SMILES string of the molecule is Cc1ccccc1[C@@H]1O[C@@]1(Cn1cncn1)c1ccc(F)cc1. The second kappa shape index (κ2) is 5.28. The molecule has 1 aliphatic rings. The third-order valence-electron chi connectivity index (χ3n) is 4.36. The van der Waals surface area contributed by atoms with Crippen molar-refractivity contribution in [1.29, 1.82) is 0 Å². The maximum atomic E-state index is 13.3. The first-order valence-electron chi connectivity index (χ1n) is 7.51. The molecule has 2 atom stereocenters. The maximum Gasteiger partial charge on any atom is 0.144 e. The first-order chi connectivity index (χ1) is 11.2. The van der Waals surface area contributed by atoms with E-state index in [1.54, 1.807) is 23.1 Å². The molecule has 2 heterocycles. The van der Waals surface area contributed by atoms with Gasteiger partial charge < -0.3 is 4.74 Å². The van der Waals surface area contributed by atoms with Crippen LogP contribution in [0.4, 0.5) is 4.39 Å². The molecule has 0 amide bonds. The Labute approximate surface area is 133 Å². The third-order valence-corrected chi connectivity index (χ3v) is 4.36. The fraction of sp³-hybridized carbons (Fsp3) is 0.222. The van der Waals surface area contributed by atoms with Crippen LogP contribution in [0, 0.1) is 12.7 Å². The fourth-order valence-corrected chi connectivity index (χ4v) is 3.09. The average Bonchev–Trinajstić information content (AvgIpc) is 3.02. The predicted molar refractivity (Wildman–Crippen MR) is 83.1 cm³/mol. The zero-order chi connectivity index (χ0) is 15.9. The molecule has 4 rings (SSSR count). The highest BCUT2D eigenvalue weighted by atomic mass is 19.1. The minimum absolute atomic E-state index is 0.0710. The standard InChI is InChI=1S/C18H16FN3O/c1-13-4-2-3-5-16(13)17-18(23-17,10-22-12-20-11-21-22)14-6-8-15(19)9-7-14/h2-9,11-12,17H,10H2,1H3/t17-,18-/m0/s1. The summed E-state index contributed by atoms with van der Waals surface area (Å²) in [6.07, 6.45) is 3.10. The van der Waals surface area contributed by atoms with Crippen molar-refractivity contribution in [2.24, 2.45) is 0 Å². The summed E-state index contributed by atoms with van der Waals surface area (Å²) < 4.78 is 21.2. The number of rotatable bonds is 4. The van der Waals surface area contributed by atoms with E-state index >= 15 is 0 Å². The topological polar surface area (TPSA) is 43.2 Å². The van der Waals surface area contributed by atoms with Crippen LogP contribution in [0.5, 0.6) is 0 Å². The quantitative estimate of drug-likeness (QED) is 0.694. The molecule has 1 aromatic heterocycles. The molecule has 0 unspecified atom stereocenters. The molecule has 1 fully saturated rings. The molecule has 5 heteroatoms. The molecule has 0 bridgehead atoms. The molecule has 4 nitrogen and oxygen atoms in total. The van der Waals surface area contributed by atoms with Crippen molar-refractivity contribution in [2.45, 2.75) is 25.2 Å². The summed E-state index contributed by atoms with van der Waals surface area (Å²) in [5.41, 5.74) is 2.74. The van der Waals surface area contributed by atoms with Gasteiger partial charge in [-0.25, -0.2) is 14.1 Å². The number of epoxide rings is 1. The van der Waals surface area contributed by atoms with Gasteiger partial charge >= 0.3 is 0 Å². The summed E-state index contributed by atoms with van der Waals surface area (Å²) in [6, 6.07) is 14.7. The van der Waals surface area contributed by atoms with Crippen LogP contribution in [0.15, 0.2) is 61.2 Å². The molecular formula is C18H16FN3O. The number of halogens is 1. The predicted octanol–water partition coefficient (Wildman–Crippen LogP) is 3.39. The lowest BCUT2D eigenvalue weighted by Gasteiger charge is -2.14. The van der Waals surface area contributed by atoms with Crippen molar-refractivity contribution in [2.75, 3.05) is 0 Å². The van der Waals surface area contributed by atoms with E-state index in [0.717, 1.165) is 11.1 Å². The highest BCUT2D eigenvalue weighted by Gasteiger charge is 2.59. The molecule has 0 aliphatic carbocycles. The molecule has 0 radical (unpaired) electrons. The van der Waals surface area contributed by atoms with E-state index in [-0.39, 0.29) is 11.9 Å². The first-order valence-corrected chi connectivity index (χ1v) is 7.51. The lowest BCUT2D eigenvalue weighted by atomic mass is 9.90. The van der Waals surface area contributed by atoms with Crippen LogP contribution in [0.3, 0.4) is 0 Å². The van der Waals surface area contributed by atoms with E-state index in [0.29, 0.717) is 6.54 Å². The first kappa shape index (κ1) is 14.1. The molecule has 2 aromatic carbocycles. The van der Waals surface area contributed by atoms with E-state index in [9.17, 15) is 4.39 Å². The van der Waals surface area contributed by atoms with Crippen LogP contribution in [0.25, 0.3) is 0 Å². The van der Waals surface area contributed by atoms with Gasteiger partial charge in [-0.05, 0) is 35.7 Å². The zero-order valence-electron chi connectivity index (χ0n) is 12.7. The van der Waals surface area contributed by atoms with Crippen LogP contribution >= 0.6 is 0 Å². The molecule has 0 saturated carbocycles. The molecule has 3 aromatic rings. The Bertz CT molecular complexity index is 817. The van der Waals surface area contributed by atoms with Crippen molar-refractivity contribution in [1.82, 2.24) is 14.8 Å². The second-order valence-corrected chi connectivity index (χ2v) is 5.84. The summed E-state index contributed by atoms with van der Waals surface area (Å²) in [5.74, 6) is -0.252. The van der Waals surface area contributed by atoms with Crippen LogP contribution in [0.2, 0.25) is 0 Å². The van der Waals surface area contributed by atoms with Gasteiger partial charge in [-0.15, -0.1) is 0 Å². The summed E-state index contributed by atoms with van der Waals surface area (Å²) in [5, 5.41) is 4.19. The van der Waals surface area contributed by atoms with Crippen molar-refractivity contribution >= 4 is 0 Å². The Morgan fingerprint density at radius 3 is 2.65 bits per heavy atom. The van der Waals surface area contributed by atoms with Crippen molar-refractivity contribution < 1.29 is 9.13 Å². The van der Waals surface area contributed by atoms with E-state index in [1.807, 2.05) is 12.1 Å². The van der Waals surface area contributed by atoms with Gasteiger partial charge in [0.25, 0.3) is 0 Å². The summed E-state index contributed by atoms with van der Waals surface area (Å²) in [6.45, 7) is 2.61. The number of benzene rings is 2. The normalized spacial score (nSPS) is 23.0. The number of aryl methyl sites for hydroxylation is 1. The Morgan fingerprint density at radius 1 is 1.17 bits per heavy atom. The Kier molecular flexibility index (Phi) is 3.23. The Balaban J connectivity index is 1.74. The van der Waals surface area contributed by atoms with Crippen LogP contribution in [-0.2, 0) is 16.9 Å². The van der Waals surface area contributed by atoms with Gasteiger partial charge in [-0.3, -0.25) is 0 Å². The van der Waals surface area contributed by atoms with E-state index in [4.69, 9.17) is 4.74 Å².